The number of hydrogen-bond donors (Lipinski definition) is 1. The van der Waals surface area contributed by atoms with Crippen LogP contribution >= 0.6 is 0 Å². The largest absolute Gasteiger partial charge is 0.493 e. The zero-order valence-corrected chi connectivity index (χ0v) is 17.9. The van der Waals surface area contributed by atoms with Crippen LogP contribution in [0.3, 0.4) is 0 Å². The summed E-state index contributed by atoms with van der Waals surface area (Å²) in [5.41, 5.74) is 0.498. The van der Waals surface area contributed by atoms with E-state index < -0.39 is 5.82 Å². The number of nitrogens with one attached hydrogen (secondary N) is 1. The molecule has 8 heteroatoms. The zero-order chi connectivity index (χ0) is 22.4. The van der Waals surface area contributed by atoms with Gasteiger partial charge >= 0.3 is 0 Å². The lowest BCUT2D eigenvalue weighted by molar-refractivity contribution is 0.0679. The number of carbonyl (C=O) groups excluding carboxylic acids is 2. The summed E-state index contributed by atoms with van der Waals surface area (Å²) >= 11 is 0. The minimum absolute atomic E-state index is 0.0941. The first-order valence-electron chi connectivity index (χ1n) is 10.1. The molecule has 0 saturated carbocycles. The maximum absolute atomic E-state index is 13.9. The number of ether oxygens (including phenoxy) is 3. The molecule has 0 atom stereocenters. The van der Waals surface area contributed by atoms with Crippen LogP contribution in [0.15, 0.2) is 36.4 Å². The number of halogens is 1. The Morgan fingerprint density at radius 1 is 1.03 bits per heavy atom. The third-order valence-electron chi connectivity index (χ3n) is 5.48. The molecule has 0 aliphatic carbocycles. The Bertz CT molecular complexity index is 916. The molecule has 2 aromatic carbocycles. The van der Waals surface area contributed by atoms with Gasteiger partial charge in [-0.2, -0.15) is 0 Å². The minimum atomic E-state index is -0.507. The standard InChI is InChI=1S/C23H27FN2O5/c1-29-19-12-16(13-20(30-2)21(19)31-3)22(27)25-14-15-8-10-26(11-9-15)23(28)17-6-4-5-7-18(17)24/h4-7,12-13,15H,8-11,14H2,1-3H3,(H,25,27). The van der Waals surface area contributed by atoms with Crippen molar-refractivity contribution in [2.75, 3.05) is 41.0 Å². The molecule has 0 aromatic heterocycles. The van der Waals surface area contributed by atoms with Crippen LogP contribution in [-0.2, 0) is 0 Å². The van der Waals surface area contributed by atoms with Crippen molar-refractivity contribution in [3.63, 3.8) is 0 Å². The first-order chi connectivity index (χ1) is 15.0. The summed E-state index contributed by atoms with van der Waals surface area (Å²) in [4.78, 5) is 26.8. The Balaban J connectivity index is 1.55. The quantitative estimate of drug-likeness (QED) is 0.730. The van der Waals surface area contributed by atoms with Gasteiger partial charge in [-0.05, 0) is 43.0 Å². The smallest absolute Gasteiger partial charge is 0.256 e. The number of hydrogen-bond acceptors (Lipinski definition) is 5. The molecule has 1 N–H and O–H groups in total. The lowest BCUT2D eigenvalue weighted by Crippen LogP contribution is -2.41. The number of carbonyl (C=O) groups is 2. The second kappa shape index (κ2) is 10.1. The second-order valence-corrected chi connectivity index (χ2v) is 7.34. The van der Waals surface area contributed by atoms with E-state index in [9.17, 15) is 14.0 Å². The van der Waals surface area contributed by atoms with Gasteiger partial charge in [-0.3, -0.25) is 9.59 Å². The Morgan fingerprint density at radius 3 is 2.19 bits per heavy atom. The van der Waals surface area contributed by atoms with Crippen LogP contribution in [0.25, 0.3) is 0 Å². The Kier molecular flexibility index (Phi) is 7.33. The predicted molar refractivity (Wildman–Crippen MR) is 113 cm³/mol. The molecular weight excluding hydrogens is 403 g/mol. The van der Waals surface area contributed by atoms with Crippen molar-refractivity contribution in [3.8, 4) is 17.2 Å². The van der Waals surface area contributed by atoms with E-state index in [1.54, 1.807) is 29.2 Å². The van der Waals surface area contributed by atoms with Crippen LogP contribution in [0.2, 0.25) is 0 Å². The van der Waals surface area contributed by atoms with Gasteiger partial charge in [-0.1, -0.05) is 12.1 Å². The highest BCUT2D eigenvalue weighted by Gasteiger charge is 2.25. The van der Waals surface area contributed by atoms with E-state index in [4.69, 9.17) is 14.2 Å². The number of nitrogens with zero attached hydrogens (tertiary/aromatic N) is 1. The highest BCUT2D eigenvalue weighted by atomic mass is 19.1. The number of benzene rings is 2. The highest BCUT2D eigenvalue weighted by molar-refractivity contribution is 5.96. The molecule has 0 radical (unpaired) electrons. The van der Waals surface area contributed by atoms with Crippen molar-refractivity contribution < 1.29 is 28.2 Å². The summed E-state index contributed by atoms with van der Waals surface area (Å²) < 4.78 is 29.7. The topological polar surface area (TPSA) is 77.1 Å². The third kappa shape index (κ3) is 5.07. The van der Waals surface area contributed by atoms with Crippen molar-refractivity contribution in [1.82, 2.24) is 10.2 Å². The molecule has 2 aromatic rings. The number of rotatable bonds is 7. The molecule has 1 aliphatic heterocycles. The molecule has 31 heavy (non-hydrogen) atoms. The summed E-state index contributed by atoms with van der Waals surface area (Å²) in [5.74, 6) is 0.428. The van der Waals surface area contributed by atoms with Gasteiger partial charge in [0.1, 0.15) is 5.82 Å². The zero-order valence-electron chi connectivity index (χ0n) is 17.9. The summed E-state index contributed by atoms with van der Waals surface area (Å²) in [7, 11) is 4.49. The van der Waals surface area contributed by atoms with Crippen molar-refractivity contribution in [3.05, 3.63) is 53.3 Å². The molecule has 1 heterocycles. The minimum Gasteiger partial charge on any atom is -0.493 e. The first kappa shape index (κ1) is 22.4. The van der Waals surface area contributed by atoms with Gasteiger partial charge in [-0.15, -0.1) is 0 Å². The molecule has 2 amide bonds. The van der Waals surface area contributed by atoms with Gasteiger partial charge in [0.2, 0.25) is 5.75 Å². The molecule has 1 aliphatic rings. The Hall–Kier alpha value is -3.29. The summed E-state index contributed by atoms with van der Waals surface area (Å²) in [5, 5.41) is 2.94. The number of amides is 2. The van der Waals surface area contributed by atoms with Gasteiger partial charge in [0.25, 0.3) is 11.8 Å². The second-order valence-electron chi connectivity index (χ2n) is 7.34. The van der Waals surface area contributed by atoms with Crippen LogP contribution in [0.4, 0.5) is 4.39 Å². The van der Waals surface area contributed by atoms with Crippen molar-refractivity contribution in [1.29, 1.82) is 0 Å². The van der Waals surface area contributed by atoms with Crippen LogP contribution in [0.1, 0.15) is 33.6 Å². The fraction of sp³-hybridized carbons (Fsp3) is 0.391. The van der Waals surface area contributed by atoms with E-state index in [2.05, 4.69) is 5.32 Å². The average Bonchev–Trinajstić information content (AvgIpc) is 2.81. The van der Waals surface area contributed by atoms with Gasteiger partial charge in [0.15, 0.2) is 11.5 Å². The van der Waals surface area contributed by atoms with Crippen molar-refractivity contribution >= 4 is 11.8 Å². The van der Waals surface area contributed by atoms with E-state index in [1.807, 2.05) is 0 Å². The predicted octanol–water partition coefficient (Wildman–Crippen LogP) is 3.13. The van der Waals surface area contributed by atoms with E-state index in [0.29, 0.717) is 42.4 Å². The fourth-order valence-corrected chi connectivity index (χ4v) is 3.70. The van der Waals surface area contributed by atoms with Crippen molar-refractivity contribution in [2.45, 2.75) is 12.8 Å². The molecular formula is C23H27FN2O5. The third-order valence-corrected chi connectivity index (χ3v) is 5.48. The normalized spacial score (nSPS) is 14.1. The van der Waals surface area contributed by atoms with Crippen LogP contribution < -0.4 is 19.5 Å². The Morgan fingerprint density at radius 2 is 1.65 bits per heavy atom. The summed E-state index contributed by atoms with van der Waals surface area (Å²) in [6, 6.07) is 9.22. The maximum Gasteiger partial charge on any atom is 0.256 e. The summed E-state index contributed by atoms with van der Waals surface area (Å²) in [6.45, 7) is 1.53. The molecule has 1 saturated heterocycles. The van der Waals surface area contributed by atoms with Gasteiger partial charge in [0, 0.05) is 25.2 Å². The molecule has 166 valence electrons. The number of piperidine rings is 1. The van der Waals surface area contributed by atoms with Gasteiger partial charge < -0.3 is 24.4 Å². The number of likely N-dealkylation sites (tertiary alicyclic amines) is 1. The van der Waals surface area contributed by atoms with E-state index >= 15 is 0 Å². The van der Waals surface area contributed by atoms with Gasteiger partial charge in [0.05, 0.1) is 26.9 Å². The monoisotopic (exact) mass is 430 g/mol. The molecule has 3 rings (SSSR count). The SMILES string of the molecule is COc1cc(C(=O)NCC2CCN(C(=O)c3ccccc3F)CC2)cc(OC)c1OC. The molecule has 1 fully saturated rings. The number of methoxy groups -OCH3 is 3. The van der Waals surface area contributed by atoms with E-state index in [0.717, 1.165) is 12.8 Å². The molecule has 0 spiro atoms. The maximum atomic E-state index is 13.9. The van der Waals surface area contributed by atoms with Crippen LogP contribution in [-0.4, -0.2) is 57.7 Å². The molecule has 0 bridgehead atoms. The first-order valence-corrected chi connectivity index (χ1v) is 10.1. The molecule has 0 unspecified atom stereocenters. The van der Waals surface area contributed by atoms with Crippen LogP contribution in [0, 0.1) is 11.7 Å². The molecule has 7 nitrogen and oxygen atoms in total. The summed E-state index contributed by atoms with van der Waals surface area (Å²) in [6.07, 6.45) is 1.46. The average molecular weight is 430 g/mol. The Labute approximate surface area is 181 Å². The van der Waals surface area contributed by atoms with E-state index in [-0.39, 0.29) is 23.3 Å². The lowest BCUT2D eigenvalue weighted by Gasteiger charge is -2.32. The van der Waals surface area contributed by atoms with E-state index in [1.165, 1.54) is 33.5 Å². The van der Waals surface area contributed by atoms with Gasteiger partial charge in [-0.25, -0.2) is 4.39 Å². The lowest BCUT2D eigenvalue weighted by atomic mass is 9.96. The highest BCUT2D eigenvalue weighted by Crippen LogP contribution is 2.38. The van der Waals surface area contributed by atoms with Crippen LogP contribution in [0.5, 0.6) is 17.2 Å². The van der Waals surface area contributed by atoms with Crippen molar-refractivity contribution in [2.24, 2.45) is 5.92 Å². The fourth-order valence-electron chi connectivity index (χ4n) is 3.70.